The van der Waals surface area contributed by atoms with Gasteiger partial charge in [-0.05, 0) is 48.7 Å². The normalized spacial score (nSPS) is 14.8. The predicted molar refractivity (Wildman–Crippen MR) is 145 cm³/mol. The molecule has 0 bridgehead atoms. The summed E-state index contributed by atoms with van der Waals surface area (Å²) in [5.74, 6) is 0.338. The molecule has 12 heteroatoms. The van der Waals surface area contributed by atoms with Crippen molar-refractivity contribution in [2.75, 3.05) is 6.54 Å². The number of ether oxygens (including phenoxy) is 1. The van der Waals surface area contributed by atoms with Gasteiger partial charge in [0.25, 0.3) is 11.8 Å². The molecule has 2 amide bonds. The van der Waals surface area contributed by atoms with Crippen molar-refractivity contribution >= 4 is 37.7 Å². The van der Waals surface area contributed by atoms with E-state index in [4.69, 9.17) is 19.9 Å². The monoisotopic (exact) mass is 558 g/mol. The van der Waals surface area contributed by atoms with Gasteiger partial charge in [0, 0.05) is 17.7 Å². The Hall–Kier alpha value is -3.69. The molecule has 0 unspecified atom stereocenters. The zero-order valence-electron chi connectivity index (χ0n) is 20.2. The van der Waals surface area contributed by atoms with Gasteiger partial charge in [-0.2, -0.15) is 0 Å². The lowest BCUT2D eigenvalue weighted by Crippen LogP contribution is -2.51. The molecule has 0 aromatic heterocycles. The molecule has 1 aliphatic rings. The number of amidine groups is 1. The lowest BCUT2D eigenvalue weighted by atomic mass is 10.1. The van der Waals surface area contributed by atoms with Crippen LogP contribution in [0, 0.1) is 5.41 Å². The van der Waals surface area contributed by atoms with E-state index in [1.54, 1.807) is 24.3 Å². The zero-order valence-corrected chi connectivity index (χ0v) is 22.0. The third kappa shape index (κ3) is 7.66. The Morgan fingerprint density at radius 2 is 1.63 bits per heavy atom. The molecule has 38 heavy (non-hydrogen) atoms. The largest absolute Gasteiger partial charge is 0.457 e. The van der Waals surface area contributed by atoms with Crippen molar-refractivity contribution in [3.05, 3.63) is 95.6 Å². The number of carbonyl (C=O) groups excluding carboxylic acids is 2. The minimum absolute atomic E-state index is 0. The van der Waals surface area contributed by atoms with Crippen molar-refractivity contribution in [2.24, 2.45) is 0 Å². The van der Waals surface area contributed by atoms with Crippen LogP contribution in [-0.4, -0.2) is 44.9 Å². The number of amides is 2. The molecule has 1 atom stereocenters. The first kappa shape index (κ1) is 28.9. The smallest absolute Gasteiger partial charge is 0.329 e. The second-order valence-corrected chi connectivity index (χ2v) is 10.3. The highest BCUT2D eigenvalue weighted by molar-refractivity contribution is 7.50. The third-order valence-corrected chi connectivity index (χ3v) is 6.60. The number of likely N-dealkylation sites (tertiary alicyclic amines) is 1. The van der Waals surface area contributed by atoms with E-state index in [9.17, 15) is 14.2 Å². The number of nitrogens with one attached hydrogen (secondary N) is 3. The Balaban J connectivity index is 0.00000400. The Morgan fingerprint density at radius 1 is 0.947 bits per heavy atom. The molecule has 10 nitrogen and oxygen atoms in total. The highest BCUT2D eigenvalue weighted by Gasteiger charge is 2.34. The SMILES string of the molecule is Cl.N=C(NNC(=O)[C@@H]1CCCN1C(=O)c1cccc(Oc2ccccc2)c1)c1ccc(CP(=O)(O)O)cc1. The van der Waals surface area contributed by atoms with Crippen LogP contribution < -0.4 is 15.6 Å². The number of rotatable bonds is 7. The van der Waals surface area contributed by atoms with Crippen molar-refractivity contribution < 1.29 is 28.7 Å². The molecular weight excluding hydrogens is 531 g/mol. The molecule has 1 aliphatic heterocycles. The quantitative estimate of drug-likeness (QED) is 0.128. The van der Waals surface area contributed by atoms with Gasteiger partial charge in [-0.15, -0.1) is 12.4 Å². The minimum Gasteiger partial charge on any atom is -0.457 e. The van der Waals surface area contributed by atoms with E-state index in [2.05, 4.69) is 10.9 Å². The van der Waals surface area contributed by atoms with Crippen molar-refractivity contribution in [1.29, 1.82) is 5.41 Å². The third-order valence-electron chi connectivity index (χ3n) is 5.82. The summed E-state index contributed by atoms with van der Waals surface area (Å²) >= 11 is 0. The van der Waals surface area contributed by atoms with E-state index >= 15 is 0 Å². The van der Waals surface area contributed by atoms with Crippen molar-refractivity contribution in [2.45, 2.75) is 25.0 Å². The standard InChI is InChI=1S/C26H27N4O6P.ClH/c27-24(19-13-11-18(12-14-19)17-37(33,34)35)28-29-25(31)23-10-5-15-30(23)26(32)20-6-4-9-22(16-20)36-21-7-2-1-3-8-21;/h1-4,6-9,11-14,16,23H,5,10,15,17H2,(H2,27,28)(H,29,31)(H2,33,34,35);1H/t23-;/m0./s1. The fraction of sp³-hybridized carbons (Fsp3) is 0.192. The highest BCUT2D eigenvalue weighted by Crippen LogP contribution is 2.38. The van der Waals surface area contributed by atoms with Gasteiger partial charge >= 0.3 is 7.60 Å². The summed E-state index contributed by atoms with van der Waals surface area (Å²) < 4.78 is 17.0. The average molecular weight is 559 g/mol. The summed E-state index contributed by atoms with van der Waals surface area (Å²) in [6.07, 6.45) is 0.768. The molecule has 0 radical (unpaired) electrons. The molecule has 5 N–H and O–H groups in total. The average Bonchev–Trinajstić information content (AvgIpc) is 3.37. The van der Waals surface area contributed by atoms with Crippen molar-refractivity contribution in [3.8, 4) is 11.5 Å². The van der Waals surface area contributed by atoms with Gasteiger partial charge in [-0.1, -0.05) is 48.5 Å². The summed E-state index contributed by atoms with van der Waals surface area (Å²) in [4.78, 5) is 45.8. The molecular formula is C26H28ClN4O6P. The molecule has 1 saturated heterocycles. The van der Waals surface area contributed by atoms with Gasteiger partial charge in [0.15, 0.2) is 0 Å². The number of hydrazine groups is 1. The molecule has 200 valence electrons. The van der Waals surface area contributed by atoms with Crippen LogP contribution in [0.1, 0.15) is 34.3 Å². The van der Waals surface area contributed by atoms with Crippen LogP contribution in [0.15, 0.2) is 78.9 Å². The van der Waals surface area contributed by atoms with Crippen LogP contribution in [0.25, 0.3) is 0 Å². The molecule has 0 spiro atoms. The first-order chi connectivity index (χ1) is 17.7. The predicted octanol–water partition coefficient (Wildman–Crippen LogP) is 3.83. The number of nitrogens with zero attached hydrogens (tertiary/aromatic N) is 1. The number of para-hydroxylation sites is 1. The topological polar surface area (TPSA) is 152 Å². The molecule has 0 aliphatic carbocycles. The van der Waals surface area contributed by atoms with Gasteiger partial charge in [0.05, 0.1) is 6.16 Å². The number of hydrogen-bond acceptors (Lipinski definition) is 5. The zero-order chi connectivity index (χ0) is 26.4. The summed E-state index contributed by atoms with van der Waals surface area (Å²) in [6, 6.07) is 21.4. The van der Waals surface area contributed by atoms with E-state index in [0.717, 1.165) is 0 Å². The van der Waals surface area contributed by atoms with Crippen LogP contribution in [0.2, 0.25) is 0 Å². The van der Waals surface area contributed by atoms with E-state index in [1.165, 1.54) is 29.2 Å². The summed E-state index contributed by atoms with van der Waals surface area (Å²) in [5, 5.41) is 8.16. The van der Waals surface area contributed by atoms with Crippen LogP contribution in [-0.2, 0) is 15.5 Å². The van der Waals surface area contributed by atoms with Crippen LogP contribution in [0.3, 0.4) is 0 Å². The van der Waals surface area contributed by atoms with Gasteiger partial charge in [-0.25, -0.2) is 0 Å². The number of halogens is 1. The van der Waals surface area contributed by atoms with Crippen molar-refractivity contribution in [1.82, 2.24) is 15.8 Å². The molecule has 3 aromatic rings. The van der Waals surface area contributed by atoms with E-state index in [0.29, 0.717) is 47.6 Å². The fourth-order valence-corrected chi connectivity index (χ4v) is 4.75. The summed E-state index contributed by atoms with van der Waals surface area (Å²) in [5.41, 5.74) is 6.32. The number of hydrogen-bond donors (Lipinski definition) is 5. The molecule has 4 rings (SSSR count). The first-order valence-corrected chi connectivity index (χ1v) is 13.4. The lowest BCUT2D eigenvalue weighted by Gasteiger charge is -2.24. The van der Waals surface area contributed by atoms with Crippen LogP contribution in [0.5, 0.6) is 11.5 Å². The highest BCUT2D eigenvalue weighted by atomic mass is 35.5. The maximum absolute atomic E-state index is 13.2. The van der Waals surface area contributed by atoms with Crippen LogP contribution >= 0.6 is 20.0 Å². The second-order valence-electron chi connectivity index (χ2n) is 8.61. The van der Waals surface area contributed by atoms with Gasteiger partial charge in [0.2, 0.25) is 0 Å². The van der Waals surface area contributed by atoms with Gasteiger partial charge < -0.3 is 19.4 Å². The Labute approximate surface area is 226 Å². The number of benzene rings is 3. The van der Waals surface area contributed by atoms with Gasteiger partial charge in [0.1, 0.15) is 23.4 Å². The number of carbonyl (C=O) groups is 2. The van der Waals surface area contributed by atoms with Crippen molar-refractivity contribution in [3.63, 3.8) is 0 Å². The fourth-order valence-electron chi connectivity index (χ4n) is 4.06. The Morgan fingerprint density at radius 3 is 2.32 bits per heavy atom. The minimum atomic E-state index is -4.19. The maximum atomic E-state index is 13.2. The summed E-state index contributed by atoms with van der Waals surface area (Å²) in [6.45, 7) is 0.430. The maximum Gasteiger partial charge on any atom is 0.329 e. The summed E-state index contributed by atoms with van der Waals surface area (Å²) in [7, 11) is -4.19. The Bertz CT molecular complexity index is 1330. The molecule has 3 aromatic carbocycles. The first-order valence-electron chi connectivity index (χ1n) is 11.6. The van der Waals surface area contributed by atoms with E-state index in [1.807, 2.05) is 30.3 Å². The molecule has 1 heterocycles. The second kappa shape index (κ2) is 12.7. The van der Waals surface area contributed by atoms with E-state index < -0.39 is 25.7 Å². The van der Waals surface area contributed by atoms with Gasteiger partial charge in [-0.3, -0.25) is 30.4 Å². The van der Waals surface area contributed by atoms with Crippen LogP contribution in [0.4, 0.5) is 0 Å². The molecule has 1 fully saturated rings. The Kier molecular flexibility index (Phi) is 9.66. The lowest BCUT2D eigenvalue weighted by molar-refractivity contribution is -0.125. The molecule has 0 saturated carbocycles. The van der Waals surface area contributed by atoms with E-state index in [-0.39, 0.29) is 24.1 Å².